The number of aromatic nitrogens is 1. The number of ether oxygens (including phenoxy) is 2. The zero-order valence-corrected chi connectivity index (χ0v) is 11.8. The molecular formula is C15H16N2O4. The summed E-state index contributed by atoms with van der Waals surface area (Å²) in [7, 11) is 3.04. The van der Waals surface area contributed by atoms with Crippen molar-refractivity contribution < 1.29 is 19.4 Å². The van der Waals surface area contributed by atoms with E-state index in [4.69, 9.17) is 14.6 Å². The number of anilines is 1. The van der Waals surface area contributed by atoms with Gasteiger partial charge in [-0.15, -0.1) is 0 Å². The number of aliphatic hydroxyl groups is 1. The van der Waals surface area contributed by atoms with Crippen LogP contribution < -0.4 is 14.8 Å². The maximum absolute atomic E-state index is 12.2. The van der Waals surface area contributed by atoms with E-state index in [9.17, 15) is 4.79 Å². The van der Waals surface area contributed by atoms with Gasteiger partial charge in [0.1, 0.15) is 17.3 Å². The number of amides is 1. The highest BCUT2D eigenvalue weighted by Crippen LogP contribution is 2.23. The molecule has 1 aromatic heterocycles. The molecule has 0 aliphatic rings. The zero-order valence-electron chi connectivity index (χ0n) is 11.8. The number of nitrogens with one attached hydrogen (secondary N) is 1. The highest BCUT2D eigenvalue weighted by molar-refractivity contribution is 6.04. The van der Waals surface area contributed by atoms with Crippen molar-refractivity contribution in [2.24, 2.45) is 0 Å². The first kappa shape index (κ1) is 14.8. The Morgan fingerprint density at radius 1 is 1.19 bits per heavy atom. The second-order valence-corrected chi connectivity index (χ2v) is 4.27. The molecule has 0 spiro atoms. The third-order valence-corrected chi connectivity index (χ3v) is 2.86. The zero-order chi connectivity index (χ0) is 15.2. The number of methoxy groups -OCH3 is 2. The Kier molecular flexibility index (Phi) is 4.73. The van der Waals surface area contributed by atoms with Crippen molar-refractivity contribution in [2.75, 3.05) is 19.5 Å². The Balaban J connectivity index is 2.18. The van der Waals surface area contributed by atoms with E-state index in [1.165, 1.54) is 20.4 Å². The number of hydrogen-bond acceptors (Lipinski definition) is 5. The van der Waals surface area contributed by atoms with Crippen molar-refractivity contribution in [3.63, 3.8) is 0 Å². The molecule has 0 unspecified atom stereocenters. The van der Waals surface area contributed by atoms with Gasteiger partial charge in [-0.3, -0.25) is 4.79 Å². The predicted molar refractivity (Wildman–Crippen MR) is 77.7 cm³/mol. The van der Waals surface area contributed by atoms with Crippen molar-refractivity contribution in [3.8, 4) is 11.5 Å². The average molecular weight is 288 g/mol. The topological polar surface area (TPSA) is 80.7 Å². The molecule has 0 aliphatic heterocycles. The third kappa shape index (κ3) is 3.70. The summed E-state index contributed by atoms with van der Waals surface area (Å²) < 4.78 is 10.2. The van der Waals surface area contributed by atoms with Gasteiger partial charge in [0.05, 0.1) is 20.8 Å². The van der Waals surface area contributed by atoms with Gasteiger partial charge in [-0.05, 0) is 23.8 Å². The highest BCUT2D eigenvalue weighted by atomic mass is 16.5. The van der Waals surface area contributed by atoms with Crippen LogP contribution in [0, 0.1) is 0 Å². The largest absolute Gasteiger partial charge is 0.497 e. The third-order valence-electron chi connectivity index (χ3n) is 2.86. The average Bonchev–Trinajstić information content (AvgIpc) is 2.54. The van der Waals surface area contributed by atoms with E-state index in [2.05, 4.69) is 10.3 Å². The summed E-state index contributed by atoms with van der Waals surface area (Å²) >= 11 is 0. The van der Waals surface area contributed by atoms with E-state index in [0.717, 1.165) is 0 Å². The van der Waals surface area contributed by atoms with Crippen LogP contribution in [0.2, 0.25) is 0 Å². The molecule has 0 atom stereocenters. The van der Waals surface area contributed by atoms with E-state index in [-0.39, 0.29) is 12.5 Å². The van der Waals surface area contributed by atoms with Crippen LogP contribution in [0.1, 0.15) is 15.9 Å². The fraction of sp³-hybridized carbons (Fsp3) is 0.200. The Morgan fingerprint density at radius 3 is 2.33 bits per heavy atom. The second-order valence-electron chi connectivity index (χ2n) is 4.27. The number of benzene rings is 1. The van der Waals surface area contributed by atoms with E-state index in [1.807, 2.05) is 0 Å². The van der Waals surface area contributed by atoms with Gasteiger partial charge in [0.25, 0.3) is 5.91 Å². The van der Waals surface area contributed by atoms with Gasteiger partial charge in [-0.2, -0.15) is 0 Å². The molecule has 0 fully saturated rings. The molecular weight excluding hydrogens is 272 g/mol. The molecule has 2 N–H and O–H groups in total. The number of carbonyl (C=O) groups is 1. The van der Waals surface area contributed by atoms with Gasteiger partial charge in [0.15, 0.2) is 0 Å². The van der Waals surface area contributed by atoms with Gasteiger partial charge in [-0.1, -0.05) is 6.07 Å². The molecule has 0 radical (unpaired) electrons. The molecule has 2 rings (SSSR count). The molecule has 0 aliphatic carbocycles. The molecule has 6 nitrogen and oxygen atoms in total. The lowest BCUT2D eigenvalue weighted by molar-refractivity contribution is 0.102. The monoisotopic (exact) mass is 288 g/mol. The molecule has 0 saturated carbocycles. The molecule has 1 aromatic carbocycles. The molecule has 0 saturated heterocycles. The normalized spacial score (nSPS) is 10.0. The predicted octanol–water partition coefficient (Wildman–Crippen LogP) is 1.84. The minimum Gasteiger partial charge on any atom is -0.497 e. The minimum atomic E-state index is -0.323. The van der Waals surface area contributed by atoms with Crippen molar-refractivity contribution in [1.82, 2.24) is 4.98 Å². The van der Waals surface area contributed by atoms with Crippen molar-refractivity contribution in [3.05, 3.63) is 47.7 Å². The maximum atomic E-state index is 12.2. The number of pyridine rings is 1. The van der Waals surface area contributed by atoms with Crippen LogP contribution in [0.15, 0.2) is 36.5 Å². The fourth-order valence-electron chi connectivity index (χ4n) is 1.72. The highest BCUT2D eigenvalue weighted by Gasteiger charge is 2.10. The summed E-state index contributed by atoms with van der Waals surface area (Å²) in [4.78, 5) is 16.2. The van der Waals surface area contributed by atoms with Gasteiger partial charge in [-0.25, -0.2) is 4.98 Å². The van der Waals surface area contributed by atoms with Gasteiger partial charge >= 0.3 is 0 Å². The van der Waals surface area contributed by atoms with Crippen LogP contribution in [0.3, 0.4) is 0 Å². The molecule has 110 valence electrons. The summed E-state index contributed by atoms with van der Waals surface area (Å²) in [6.45, 7) is -0.0890. The van der Waals surface area contributed by atoms with Crippen molar-refractivity contribution in [1.29, 1.82) is 0 Å². The maximum Gasteiger partial charge on any atom is 0.257 e. The molecule has 6 heteroatoms. The number of carbonyl (C=O) groups excluding carboxylic acids is 1. The number of nitrogens with zero attached hydrogens (tertiary/aromatic N) is 1. The summed E-state index contributed by atoms with van der Waals surface area (Å²) in [5, 5.41) is 11.6. The van der Waals surface area contributed by atoms with E-state index in [0.29, 0.717) is 28.4 Å². The van der Waals surface area contributed by atoms with Gasteiger partial charge < -0.3 is 19.9 Å². The van der Waals surface area contributed by atoms with Crippen LogP contribution in [0.4, 0.5) is 5.82 Å². The smallest absolute Gasteiger partial charge is 0.257 e. The second kappa shape index (κ2) is 6.71. The molecule has 0 bridgehead atoms. The first-order valence-electron chi connectivity index (χ1n) is 6.26. The fourth-order valence-corrected chi connectivity index (χ4v) is 1.72. The lowest BCUT2D eigenvalue weighted by Gasteiger charge is -2.09. The standard InChI is InChI=1S/C15H16N2O4/c1-20-12-5-11(6-13(7-12)21-2)15(19)17-14-4-3-10(9-18)8-16-14/h3-8,18H,9H2,1-2H3,(H,16,17,19). The Morgan fingerprint density at radius 2 is 1.86 bits per heavy atom. The molecule has 21 heavy (non-hydrogen) atoms. The quantitative estimate of drug-likeness (QED) is 0.877. The Bertz CT molecular complexity index is 604. The van der Waals surface area contributed by atoms with Crippen molar-refractivity contribution in [2.45, 2.75) is 6.61 Å². The van der Waals surface area contributed by atoms with Crippen molar-refractivity contribution >= 4 is 11.7 Å². The lowest BCUT2D eigenvalue weighted by atomic mass is 10.2. The lowest BCUT2D eigenvalue weighted by Crippen LogP contribution is -2.13. The Hall–Kier alpha value is -2.60. The number of hydrogen-bond donors (Lipinski definition) is 2. The molecule has 1 amide bonds. The first-order valence-corrected chi connectivity index (χ1v) is 6.26. The van der Waals surface area contributed by atoms with Crippen LogP contribution in [0.5, 0.6) is 11.5 Å². The SMILES string of the molecule is COc1cc(OC)cc(C(=O)Nc2ccc(CO)cn2)c1. The summed E-state index contributed by atoms with van der Waals surface area (Å²) in [6.07, 6.45) is 1.50. The molecule has 2 aromatic rings. The number of rotatable bonds is 5. The van der Waals surface area contributed by atoms with Gasteiger partial charge in [0.2, 0.25) is 0 Å². The van der Waals surface area contributed by atoms with E-state index >= 15 is 0 Å². The molecule has 1 heterocycles. The minimum absolute atomic E-state index is 0.0890. The van der Waals surface area contributed by atoms with Crippen LogP contribution >= 0.6 is 0 Å². The van der Waals surface area contributed by atoms with Crippen LogP contribution in [-0.2, 0) is 6.61 Å². The van der Waals surface area contributed by atoms with Crippen LogP contribution in [0.25, 0.3) is 0 Å². The van der Waals surface area contributed by atoms with E-state index < -0.39 is 0 Å². The van der Waals surface area contributed by atoms with E-state index in [1.54, 1.807) is 30.3 Å². The summed E-state index contributed by atoms with van der Waals surface area (Å²) in [5.41, 5.74) is 1.08. The summed E-state index contributed by atoms with van der Waals surface area (Å²) in [6, 6.07) is 8.22. The number of aliphatic hydroxyl groups excluding tert-OH is 1. The van der Waals surface area contributed by atoms with Gasteiger partial charge in [0, 0.05) is 17.8 Å². The first-order chi connectivity index (χ1) is 10.2. The Labute approximate surface area is 122 Å². The summed E-state index contributed by atoms with van der Waals surface area (Å²) in [5.74, 6) is 1.14. The van der Waals surface area contributed by atoms with Crippen LogP contribution in [-0.4, -0.2) is 30.2 Å².